The van der Waals surface area contributed by atoms with Gasteiger partial charge in [-0.2, -0.15) is 0 Å². The average Bonchev–Trinajstić information content (AvgIpc) is 2.15. The van der Waals surface area contributed by atoms with E-state index < -0.39 is 8.32 Å². The summed E-state index contributed by atoms with van der Waals surface area (Å²) in [5.41, 5.74) is 2.36. The van der Waals surface area contributed by atoms with Gasteiger partial charge in [-0.3, -0.25) is 0 Å². The predicted octanol–water partition coefficient (Wildman–Crippen LogP) is 3.56. The monoisotopic (exact) mass is 234 g/mol. The summed E-state index contributed by atoms with van der Waals surface area (Å²) in [6, 6.07) is 8.46. The number of hydrogen-bond donors (Lipinski definition) is 0. The van der Waals surface area contributed by atoms with Gasteiger partial charge in [-0.15, -0.1) is 0 Å². The van der Waals surface area contributed by atoms with Crippen molar-refractivity contribution in [3.8, 4) is 0 Å². The zero-order chi connectivity index (χ0) is 12.3. The fourth-order valence-electron chi connectivity index (χ4n) is 2.03. The van der Waals surface area contributed by atoms with Crippen molar-refractivity contribution in [3.05, 3.63) is 36.4 Å². The molecule has 0 N–H and O–H groups in total. The van der Waals surface area contributed by atoms with Gasteiger partial charge in [-0.1, -0.05) is 36.4 Å². The topological polar surface area (TPSA) is 9.23 Å². The van der Waals surface area contributed by atoms with E-state index in [1.165, 1.54) is 10.8 Å². The number of rotatable bonds is 4. The van der Waals surface area contributed by atoms with E-state index in [4.69, 9.17) is 4.43 Å². The zero-order valence-electron chi connectivity index (χ0n) is 11.0. The van der Waals surface area contributed by atoms with Crippen molar-refractivity contribution in [2.24, 2.45) is 0 Å². The summed E-state index contributed by atoms with van der Waals surface area (Å²) < 4.78 is 6.11. The quantitative estimate of drug-likeness (QED) is 0.724. The van der Waals surface area contributed by atoms with Crippen LogP contribution in [0.4, 0.5) is 0 Å². The molecule has 0 atom stereocenters. The molecule has 0 bridgehead atoms. The second-order valence-corrected chi connectivity index (χ2v) is 8.80. The molecule has 0 amide bonds. The molecule has 16 heavy (non-hydrogen) atoms. The molecule has 1 nitrogen and oxygen atoms in total. The second kappa shape index (κ2) is 4.98. The molecule has 0 heterocycles. The largest absolute Gasteiger partial charge is 0.411 e. The van der Waals surface area contributed by atoms with Gasteiger partial charge in [0.05, 0.1) is 0 Å². The third kappa shape index (κ3) is 3.06. The van der Waals surface area contributed by atoms with Crippen LogP contribution in [0.3, 0.4) is 0 Å². The highest BCUT2D eigenvalue weighted by molar-refractivity contribution is 6.85. The van der Waals surface area contributed by atoms with E-state index in [2.05, 4.69) is 64.7 Å². The fourth-order valence-corrected chi connectivity index (χ4v) is 4.78. The van der Waals surface area contributed by atoms with Gasteiger partial charge in [0.1, 0.15) is 0 Å². The SMILES string of the molecule is C=C(C)c1ccccc1[Si](C)(C)OC(C)C. The van der Waals surface area contributed by atoms with Crippen molar-refractivity contribution < 1.29 is 4.43 Å². The molecule has 2 heteroatoms. The summed E-state index contributed by atoms with van der Waals surface area (Å²) in [5.74, 6) is 0. The molecule has 1 rings (SSSR count). The van der Waals surface area contributed by atoms with Crippen LogP contribution in [0.1, 0.15) is 26.3 Å². The summed E-state index contributed by atoms with van der Waals surface area (Å²) in [5, 5.41) is 1.34. The van der Waals surface area contributed by atoms with Crippen LogP contribution in [0.5, 0.6) is 0 Å². The van der Waals surface area contributed by atoms with E-state index in [1.807, 2.05) is 0 Å². The molecule has 0 aliphatic rings. The average molecular weight is 234 g/mol. The molecule has 1 aromatic carbocycles. The standard InChI is InChI=1S/C14H22OSi/c1-11(2)13-9-7-8-10-14(13)16(5,6)15-12(3)4/h7-10,12H,1H2,2-6H3. The number of allylic oxidation sites excluding steroid dienone is 1. The van der Waals surface area contributed by atoms with Crippen LogP contribution >= 0.6 is 0 Å². The van der Waals surface area contributed by atoms with Crippen LogP contribution in [0, 0.1) is 0 Å². The first-order chi connectivity index (χ1) is 7.34. The molecule has 0 spiro atoms. The van der Waals surface area contributed by atoms with Crippen LogP contribution in [-0.2, 0) is 4.43 Å². The predicted molar refractivity (Wildman–Crippen MR) is 74.5 cm³/mol. The van der Waals surface area contributed by atoms with Gasteiger partial charge in [-0.25, -0.2) is 0 Å². The lowest BCUT2D eigenvalue weighted by atomic mass is 10.1. The van der Waals surface area contributed by atoms with Crippen molar-refractivity contribution in [2.75, 3.05) is 0 Å². The number of hydrogen-bond acceptors (Lipinski definition) is 1. The molecule has 0 fully saturated rings. The van der Waals surface area contributed by atoms with E-state index in [9.17, 15) is 0 Å². The zero-order valence-corrected chi connectivity index (χ0v) is 12.0. The maximum Gasteiger partial charge on any atom is 0.219 e. The maximum absolute atomic E-state index is 6.11. The highest BCUT2D eigenvalue weighted by Gasteiger charge is 2.28. The van der Waals surface area contributed by atoms with E-state index in [0.29, 0.717) is 0 Å². The van der Waals surface area contributed by atoms with E-state index in [1.54, 1.807) is 0 Å². The lowest BCUT2D eigenvalue weighted by Gasteiger charge is -2.28. The number of benzene rings is 1. The van der Waals surface area contributed by atoms with E-state index >= 15 is 0 Å². The Morgan fingerprint density at radius 3 is 2.31 bits per heavy atom. The summed E-state index contributed by atoms with van der Waals surface area (Å²) >= 11 is 0. The second-order valence-electron chi connectivity index (χ2n) is 5.00. The van der Waals surface area contributed by atoms with Crippen molar-refractivity contribution in [1.82, 2.24) is 0 Å². The Balaban J connectivity index is 3.16. The van der Waals surface area contributed by atoms with Crippen LogP contribution in [0.25, 0.3) is 5.57 Å². The molecule has 0 aromatic heterocycles. The van der Waals surface area contributed by atoms with Crippen molar-refractivity contribution >= 4 is 19.1 Å². The highest BCUT2D eigenvalue weighted by atomic mass is 28.4. The molecule has 0 aliphatic heterocycles. The minimum atomic E-state index is -1.81. The molecular weight excluding hydrogens is 212 g/mol. The normalized spacial score (nSPS) is 11.9. The summed E-state index contributed by atoms with van der Waals surface area (Å²) in [4.78, 5) is 0. The summed E-state index contributed by atoms with van der Waals surface area (Å²) in [6.07, 6.45) is 0.278. The minimum absolute atomic E-state index is 0.278. The van der Waals surface area contributed by atoms with E-state index in [-0.39, 0.29) is 6.10 Å². The third-order valence-electron chi connectivity index (χ3n) is 2.57. The van der Waals surface area contributed by atoms with Gasteiger partial charge in [-0.05, 0) is 44.6 Å². The van der Waals surface area contributed by atoms with Gasteiger partial charge in [0.15, 0.2) is 0 Å². The van der Waals surface area contributed by atoms with Crippen molar-refractivity contribution in [3.63, 3.8) is 0 Å². The third-order valence-corrected chi connectivity index (χ3v) is 5.36. The van der Waals surface area contributed by atoms with Gasteiger partial charge in [0.25, 0.3) is 0 Å². The maximum atomic E-state index is 6.11. The van der Waals surface area contributed by atoms with Crippen molar-refractivity contribution in [2.45, 2.75) is 40.0 Å². The first-order valence-corrected chi connectivity index (χ1v) is 8.68. The van der Waals surface area contributed by atoms with Gasteiger partial charge in [0.2, 0.25) is 8.32 Å². The summed E-state index contributed by atoms with van der Waals surface area (Å²) in [6.45, 7) is 14.8. The van der Waals surface area contributed by atoms with Crippen molar-refractivity contribution in [1.29, 1.82) is 0 Å². The minimum Gasteiger partial charge on any atom is -0.411 e. The first-order valence-electron chi connectivity index (χ1n) is 5.78. The van der Waals surface area contributed by atoms with Crippen LogP contribution in [0.2, 0.25) is 13.1 Å². The van der Waals surface area contributed by atoms with E-state index in [0.717, 1.165) is 5.57 Å². The molecule has 1 aromatic rings. The van der Waals surface area contributed by atoms with Gasteiger partial charge in [0, 0.05) is 6.10 Å². The van der Waals surface area contributed by atoms with Gasteiger partial charge >= 0.3 is 0 Å². The lowest BCUT2D eigenvalue weighted by molar-refractivity contribution is 0.238. The van der Waals surface area contributed by atoms with Crippen LogP contribution < -0.4 is 5.19 Å². The first kappa shape index (κ1) is 13.2. The molecule has 0 saturated carbocycles. The Hall–Kier alpha value is -0.863. The Kier molecular flexibility index (Phi) is 4.11. The Bertz CT molecular complexity index is 380. The molecule has 0 unspecified atom stereocenters. The Morgan fingerprint density at radius 2 is 1.81 bits per heavy atom. The molecule has 0 radical (unpaired) electrons. The molecule has 88 valence electrons. The molecule has 0 saturated heterocycles. The summed E-state index contributed by atoms with van der Waals surface area (Å²) in [7, 11) is -1.81. The van der Waals surface area contributed by atoms with Crippen LogP contribution in [-0.4, -0.2) is 14.4 Å². The smallest absolute Gasteiger partial charge is 0.219 e. The highest BCUT2D eigenvalue weighted by Crippen LogP contribution is 2.16. The Labute approximate surface area is 100 Å². The van der Waals surface area contributed by atoms with Crippen LogP contribution in [0.15, 0.2) is 30.8 Å². The molecule has 0 aliphatic carbocycles. The fraction of sp³-hybridized carbons (Fsp3) is 0.429. The lowest BCUT2D eigenvalue weighted by Crippen LogP contribution is -2.48. The Morgan fingerprint density at radius 1 is 1.25 bits per heavy atom. The molecular formula is C14H22OSi. The van der Waals surface area contributed by atoms with Gasteiger partial charge < -0.3 is 4.43 Å².